The highest BCUT2D eigenvalue weighted by molar-refractivity contribution is 5.82. The van der Waals surface area contributed by atoms with Crippen molar-refractivity contribution in [3.05, 3.63) is 60.3 Å². The lowest BCUT2D eigenvalue weighted by Gasteiger charge is -2.05. The summed E-state index contributed by atoms with van der Waals surface area (Å²) in [4.78, 5) is 25.7. The average Bonchev–Trinajstić information content (AvgIpc) is 3.69. The molecule has 4 N–H and O–H groups in total. The summed E-state index contributed by atoms with van der Waals surface area (Å²) in [5.74, 6) is 2.68. The zero-order valence-electron chi connectivity index (χ0n) is 18.8. The molecule has 7 rings (SSSR count). The number of nitrogens with zero attached hydrogens (tertiary/aromatic N) is 4. The van der Waals surface area contributed by atoms with Gasteiger partial charge in [0.05, 0.1) is 29.3 Å². The predicted molar refractivity (Wildman–Crippen MR) is 132 cm³/mol. The van der Waals surface area contributed by atoms with Crippen LogP contribution in [0, 0.1) is 0 Å². The molecule has 0 aliphatic carbocycles. The Bertz CT molecular complexity index is 1360. The number of fused-ring (bicyclic) bond motifs is 2. The van der Waals surface area contributed by atoms with Crippen molar-refractivity contribution in [2.45, 2.75) is 37.8 Å². The van der Waals surface area contributed by atoms with Gasteiger partial charge in [-0.2, -0.15) is 0 Å². The monoisotopic (exact) mass is 450 g/mol. The number of benzene rings is 2. The molecule has 5 heterocycles. The van der Waals surface area contributed by atoms with Crippen LogP contribution in [0.15, 0.2) is 48.7 Å². The molecule has 0 bridgehead atoms. The Hall–Kier alpha value is -3.62. The Morgan fingerprint density at radius 2 is 1.35 bits per heavy atom. The lowest BCUT2D eigenvalue weighted by Crippen LogP contribution is -2.14. The van der Waals surface area contributed by atoms with Crippen LogP contribution >= 0.6 is 0 Å². The molecule has 8 nitrogen and oxygen atoms in total. The standard InChI is InChI=1S/C26H26N8/c1-3-19(27-11-1)24-30-18-10-9-17(13-21(18)31-24)15-5-7-16(8-6-15)23-29-14-22-26(33-23)34-25(32-22)20-4-2-12-28-20/h5-10,13-14,19-20,27-28H,1-4,11-12H2,(H,30,31)(H,29,32,33,34)/t19-,20-/m0/s1. The molecular formula is C26H26N8. The van der Waals surface area contributed by atoms with Gasteiger partial charge in [0.25, 0.3) is 0 Å². The first-order valence-corrected chi connectivity index (χ1v) is 12.1. The number of aromatic nitrogens is 6. The number of imidazole rings is 2. The van der Waals surface area contributed by atoms with Gasteiger partial charge >= 0.3 is 0 Å². The summed E-state index contributed by atoms with van der Waals surface area (Å²) < 4.78 is 0. The summed E-state index contributed by atoms with van der Waals surface area (Å²) >= 11 is 0. The molecule has 2 atom stereocenters. The van der Waals surface area contributed by atoms with Crippen LogP contribution in [0.2, 0.25) is 0 Å². The van der Waals surface area contributed by atoms with Crippen LogP contribution in [0.3, 0.4) is 0 Å². The second-order valence-electron chi connectivity index (χ2n) is 9.28. The van der Waals surface area contributed by atoms with Crippen molar-refractivity contribution in [3.8, 4) is 22.5 Å². The number of nitrogens with one attached hydrogen (secondary N) is 4. The van der Waals surface area contributed by atoms with Crippen molar-refractivity contribution in [1.29, 1.82) is 0 Å². The minimum Gasteiger partial charge on any atom is -0.341 e. The smallest absolute Gasteiger partial charge is 0.181 e. The molecule has 2 fully saturated rings. The second-order valence-corrected chi connectivity index (χ2v) is 9.28. The Morgan fingerprint density at radius 1 is 0.676 bits per heavy atom. The maximum absolute atomic E-state index is 4.79. The van der Waals surface area contributed by atoms with Crippen LogP contribution < -0.4 is 10.6 Å². The largest absolute Gasteiger partial charge is 0.341 e. The molecule has 0 spiro atoms. The van der Waals surface area contributed by atoms with E-state index >= 15 is 0 Å². The van der Waals surface area contributed by atoms with Gasteiger partial charge in [0.1, 0.15) is 17.2 Å². The Kier molecular flexibility index (Phi) is 4.66. The first kappa shape index (κ1) is 19.8. The van der Waals surface area contributed by atoms with Crippen LogP contribution in [0.1, 0.15) is 49.4 Å². The molecule has 8 heteroatoms. The van der Waals surface area contributed by atoms with Gasteiger partial charge in [0.15, 0.2) is 11.5 Å². The van der Waals surface area contributed by atoms with E-state index in [1.54, 1.807) is 0 Å². The molecule has 2 aliphatic heterocycles. The van der Waals surface area contributed by atoms with Gasteiger partial charge in [-0.05, 0) is 62.0 Å². The van der Waals surface area contributed by atoms with Crippen LogP contribution in [-0.4, -0.2) is 43.0 Å². The van der Waals surface area contributed by atoms with Crippen molar-refractivity contribution in [3.63, 3.8) is 0 Å². The van der Waals surface area contributed by atoms with Gasteiger partial charge in [-0.15, -0.1) is 0 Å². The van der Waals surface area contributed by atoms with Gasteiger partial charge in [-0.25, -0.2) is 19.9 Å². The van der Waals surface area contributed by atoms with E-state index in [2.05, 4.69) is 68.1 Å². The molecule has 0 radical (unpaired) electrons. The SMILES string of the molecule is c1cc(-c2ncc3[nH]c([C@@H]4CCCN4)nc3n2)ccc1-c1ccc2nc([C@@H]3CCCN3)[nH]c2c1. The average molecular weight is 451 g/mol. The van der Waals surface area contributed by atoms with E-state index in [1.165, 1.54) is 12.8 Å². The minimum absolute atomic E-state index is 0.287. The van der Waals surface area contributed by atoms with Gasteiger partial charge in [-0.3, -0.25) is 0 Å². The van der Waals surface area contributed by atoms with Gasteiger partial charge in [-0.1, -0.05) is 30.3 Å². The van der Waals surface area contributed by atoms with Crippen molar-refractivity contribution in [2.24, 2.45) is 0 Å². The van der Waals surface area contributed by atoms with E-state index in [9.17, 15) is 0 Å². The third kappa shape index (κ3) is 3.46. The van der Waals surface area contributed by atoms with Gasteiger partial charge in [0, 0.05) is 5.56 Å². The van der Waals surface area contributed by atoms with Crippen LogP contribution in [0.5, 0.6) is 0 Å². The Balaban J connectivity index is 1.16. The van der Waals surface area contributed by atoms with Crippen molar-refractivity contribution in [1.82, 2.24) is 40.5 Å². The van der Waals surface area contributed by atoms with Crippen LogP contribution in [0.4, 0.5) is 0 Å². The van der Waals surface area contributed by atoms with E-state index in [1.807, 2.05) is 6.20 Å². The Labute approximate surface area is 196 Å². The van der Waals surface area contributed by atoms with E-state index < -0.39 is 0 Å². The lowest BCUT2D eigenvalue weighted by molar-refractivity contribution is 0.614. The fraction of sp³-hybridized carbons (Fsp3) is 0.308. The molecule has 5 aromatic rings. The highest BCUT2D eigenvalue weighted by Crippen LogP contribution is 2.29. The fourth-order valence-corrected chi connectivity index (χ4v) is 5.15. The Morgan fingerprint density at radius 3 is 2.09 bits per heavy atom. The van der Waals surface area contributed by atoms with Crippen LogP contribution in [0.25, 0.3) is 44.7 Å². The van der Waals surface area contributed by atoms with E-state index in [4.69, 9.17) is 15.0 Å². The van der Waals surface area contributed by atoms with E-state index in [0.717, 1.165) is 76.5 Å². The molecular weight excluding hydrogens is 424 g/mol. The summed E-state index contributed by atoms with van der Waals surface area (Å²) in [5, 5.41) is 6.99. The minimum atomic E-state index is 0.287. The topological polar surface area (TPSA) is 107 Å². The fourth-order valence-electron chi connectivity index (χ4n) is 5.15. The van der Waals surface area contributed by atoms with Crippen LogP contribution in [-0.2, 0) is 0 Å². The summed E-state index contributed by atoms with van der Waals surface area (Å²) in [6.07, 6.45) is 6.45. The van der Waals surface area contributed by atoms with Gasteiger partial charge < -0.3 is 20.6 Å². The molecule has 34 heavy (non-hydrogen) atoms. The van der Waals surface area contributed by atoms with Crippen molar-refractivity contribution < 1.29 is 0 Å². The molecule has 2 aliphatic rings. The molecule has 3 aromatic heterocycles. The first-order valence-electron chi connectivity index (χ1n) is 12.1. The zero-order valence-corrected chi connectivity index (χ0v) is 18.8. The zero-order chi connectivity index (χ0) is 22.5. The number of hydrogen-bond donors (Lipinski definition) is 4. The molecule has 0 saturated carbocycles. The normalized spacial score (nSPS) is 20.6. The molecule has 0 amide bonds. The number of rotatable bonds is 4. The molecule has 2 aromatic carbocycles. The van der Waals surface area contributed by atoms with E-state index in [0.29, 0.717) is 11.9 Å². The van der Waals surface area contributed by atoms with Crippen molar-refractivity contribution in [2.75, 3.05) is 13.1 Å². The number of H-pyrrole nitrogens is 2. The predicted octanol–water partition coefficient (Wildman–Crippen LogP) is 4.41. The number of hydrogen-bond acceptors (Lipinski definition) is 6. The third-order valence-corrected chi connectivity index (χ3v) is 7.02. The maximum atomic E-state index is 4.79. The maximum Gasteiger partial charge on any atom is 0.181 e. The first-order chi connectivity index (χ1) is 16.8. The second kappa shape index (κ2) is 8.00. The third-order valence-electron chi connectivity index (χ3n) is 7.02. The molecule has 2 saturated heterocycles. The molecule has 0 unspecified atom stereocenters. The van der Waals surface area contributed by atoms with Crippen molar-refractivity contribution >= 4 is 22.2 Å². The van der Waals surface area contributed by atoms with Gasteiger partial charge in [0.2, 0.25) is 0 Å². The summed E-state index contributed by atoms with van der Waals surface area (Å²) in [6.45, 7) is 2.10. The lowest BCUT2D eigenvalue weighted by atomic mass is 10.0. The number of aromatic amines is 2. The highest BCUT2D eigenvalue weighted by atomic mass is 15.1. The highest BCUT2D eigenvalue weighted by Gasteiger charge is 2.21. The quantitative estimate of drug-likeness (QED) is 0.323. The summed E-state index contributed by atoms with van der Waals surface area (Å²) in [7, 11) is 0. The summed E-state index contributed by atoms with van der Waals surface area (Å²) in [5.41, 5.74) is 6.97. The van der Waals surface area contributed by atoms with E-state index in [-0.39, 0.29) is 6.04 Å². The summed E-state index contributed by atoms with van der Waals surface area (Å²) in [6, 6.07) is 15.4. The molecule has 170 valence electrons.